The van der Waals surface area contributed by atoms with Crippen molar-refractivity contribution in [1.29, 1.82) is 0 Å². The number of rotatable bonds is 4. The van der Waals surface area contributed by atoms with Crippen LogP contribution in [-0.2, 0) is 0 Å². The zero-order chi connectivity index (χ0) is 20.5. The minimum Gasteiger partial charge on any atom is -0.442 e. The number of nitrogens with zero attached hydrogens (tertiary/aromatic N) is 4. The number of fused-ring (bicyclic) bond motifs is 1. The van der Waals surface area contributed by atoms with Crippen LogP contribution in [0.3, 0.4) is 0 Å². The van der Waals surface area contributed by atoms with Gasteiger partial charge in [0.2, 0.25) is 5.71 Å². The lowest BCUT2D eigenvalue weighted by Gasteiger charge is -2.28. The van der Waals surface area contributed by atoms with E-state index in [0.717, 1.165) is 25.9 Å². The molecule has 1 aliphatic heterocycles. The second-order valence-electron chi connectivity index (χ2n) is 7.12. The van der Waals surface area contributed by atoms with Crippen molar-refractivity contribution in [3.05, 3.63) is 51.5 Å². The fourth-order valence-electron chi connectivity index (χ4n) is 3.79. The molecule has 4 rings (SSSR count). The van der Waals surface area contributed by atoms with Crippen molar-refractivity contribution in [3.8, 4) is 0 Å². The minimum absolute atomic E-state index is 0.0473. The van der Waals surface area contributed by atoms with E-state index in [1.807, 2.05) is 0 Å². The van der Waals surface area contributed by atoms with Gasteiger partial charge in [0.25, 0.3) is 11.6 Å². The Morgan fingerprint density at radius 2 is 1.97 bits per heavy atom. The highest BCUT2D eigenvalue weighted by atomic mass is 16.6. The number of carbonyl (C=O) groups is 1. The minimum atomic E-state index is -0.466. The quantitative estimate of drug-likeness (QED) is 0.524. The number of piperidine rings is 1. The predicted molar refractivity (Wildman–Crippen MR) is 108 cm³/mol. The van der Waals surface area contributed by atoms with Gasteiger partial charge in [-0.3, -0.25) is 14.9 Å². The molecular formula is C20H21N5O4. The van der Waals surface area contributed by atoms with Crippen molar-refractivity contribution < 1.29 is 14.1 Å². The second-order valence-corrected chi connectivity index (χ2v) is 7.12. The predicted octanol–water partition coefficient (Wildman–Crippen LogP) is 3.99. The Labute approximate surface area is 166 Å². The molecule has 2 aromatic heterocycles. The van der Waals surface area contributed by atoms with Gasteiger partial charge in [-0.2, -0.15) is 0 Å². The molecule has 9 heteroatoms. The van der Waals surface area contributed by atoms with Gasteiger partial charge in [-0.05, 0) is 39.2 Å². The number of nitrogens with one attached hydrogen (secondary N) is 1. The van der Waals surface area contributed by atoms with Crippen molar-refractivity contribution >= 4 is 34.2 Å². The van der Waals surface area contributed by atoms with E-state index in [0.29, 0.717) is 39.5 Å². The Bertz CT molecular complexity index is 1100. The lowest BCUT2D eigenvalue weighted by Crippen LogP contribution is -2.30. The maximum atomic E-state index is 13.2. The smallest absolute Gasteiger partial charge is 0.274 e. The van der Waals surface area contributed by atoms with E-state index in [2.05, 4.69) is 20.2 Å². The maximum Gasteiger partial charge on any atom is 0.274 e. The number of anilines is 2. The summed E-state index contributed by atoms with van der Waals surface area (Å²) in [6.07, 6.45) is 4.75. The number of nitro benzene ring substituents is 1. The number of hydrogen-bond acceptors (Lipinski definition) is 7. The van der Waals surface area contributed by atoms with Crippen LogP contribution in [-0.4, -0.2) is 33.9 Å². The van der Waals surface area contributed by atoms with Gasteiger partial charge in [-0.1, -0.05) is 6.07 Å². The first-order valence-electron chi connectivity index (χ1n) is 9.51. The monoisotopic (exact) mass is 395 g/mol. The average molecular weight is 395 g/mol. The van der Waals surface area contributed by atoms with Crippen molar-refractivity contribution in [3.63, 3.8) is 0 Å². The summed E-state index contributed by atoms with van der Waals surface area (Å²) in [6.45, 7) is 5.04. The molecule has 0 unspecified atom stereocenters. The Morgan fingerprint density at radius 1 is 1.21 bits per heavy atom. The van der Waals surface area contributed by atoms with Gasteiger partial charge in [0.1, 0.15) is 17.9 Å². The molecule has 0 radical (unpaired) electrons. The second kappa shape index (κ2) is 7.50. The molecule has 0 spiro atoms. The number of carbonyl (C=O) groups excluding carboxylic acids is 1. The lowest BCUT2D eigenvalue weighted by atomic mass is 10.1. The third kappa shape index (κ3) is 3.39. The first-order valence-corrected chi connectivity index (χ1v) is 9.51. The van der Waals surface area contributed by atoms with Crippen LogP contribution >= 0.6 is 0 Å². The topological polar surface area (TPSA) is 114 Å². The van der Waals surface area contributed by atoms with Crippen LogP contribution in [0.15, 0.2) is 28.9 Å². The van der Waals surface area contributed by atoms with Crippen molar-refractivity contribution in [2.45, 2.75) is 33.1 Å². The van der Waals surface area contributed by atoms with Crippen molar-refractivity contribution in [1.82, 2.24) is 9.97 Å². The number of furan rings is 1. The normalized spacial score (nSPS) is 14.2. The number of benzene rings is 1. The maximum absolute atomic E-state index is 13.2. The first kappa shape index (κ1) is 18.9. The van der Waals surface area contributed by atoms with E-state index in [9.17, 15) is 14.9 Å². The van der Waals surface area contributed by atoms with Crippen LogP contribution in [0.4, 0.5) is 17.2 Å². The molecule has 0 bridgehead atoms. The average Bonchev–Trinajstić information content (AvgIpc) is 3.05. The number of aryl methyl sites for hydroxylation is 1. The molecule has 0 atom stereocenters. The molecular weight excluding hydrogens is 374 g/mol. The van der Waals surface area contributed by atoms with E-state index in [1.54, 1.807) is 26.0 Å². The van der Waals surface area contributed by atoms with Gasteiger partial charge >= 0.3 is 0 Å². The molecule has 9 nitrogen and oxygen atoms in total. The third-order valence-electron chi connectivity index (χ3n) is 5.28. The van der Waals surface area contributed by atoms with Crippen LogP contribution in [0.5, 0.6) is 0 Å². The van der Waals surface area contributed by atoms with Gasteiger partial charge in [-0.25, -0.2) is 9.97 Å². The highest BCUT2D eigenvalue weighted by Gasteiger charge is 2.26. The van der Waals surface area contributed by atoms with Crippen LogP contribution in [0, 0.1) is 24.0 Å². The molecule has 150 valence electrons. The summed E-state index contributed by atoms with van der Waals surface area (Å²) in [4.78, 5) is 34.7. The SMILES string of the molecule is Cc1oc2ncnc(N3CCCCC3)c2c1C(=O)Nc1cccc([N+](=O)[O-])c1C. The van der Waals surface area contributed by atoms with Crippen LogP contribution in [0.2, 0.25) is 0 Å². The van der Waals surface area contributed by atoms with E-state index >= 15 is 0 Å². The molecule has 1 fully saturated rings. The van der Waals surface area contributed by atoms with Gasteiger partial charge in [0.05, 0.1) is 27.1 Å². The fraction of sp³-hybridized carbons (Fsp3) is 0.350. The summed E-state index contributed by atoms with van der Waals surface area (Å²) in [7, 11) is 0. The van der Waals surface area contributed by atoms with Gasteiger partial charge in [0.15, 0.2) is 0 Å². The summed E-state index contributed by atoms with van der Waals surface area (Å²) >= 11 is 0. The van der Waals surface area contributed by atoms with E-state index in [1.165, 1.54) is 18.8 Å². The summed E-state index contributed by atoms with van der Waals surface area (Å²) in [5, 5.41) is 14.6. The molecule has 1 amide bonds. The molecule has 0 saturated carbocycles. The standard InChI is InChI=1S/C20H21N5O4/c1-12-14(7-6-8-15(12)25(27)28)23-19(26)16-13(2)29-20-17(16)18(21-11-22-20)24-9-4-3-5-10-24/h6-8,11H,3-5,9-10H2,1-2H3,(H,23,26). The number of amides is 1. The zero-order valence-corrected chi connectivity index (χ0v) is 16.3. The summed E-state index contributed by atoms with van der Waals surface area (Å²) in [5.74, 6) is 0.713. The van der Waals surface area contributed by atoms with E-state index < -0.39 is 10.8 Å². The molecule has 1 aliphatic rings. The summed E-state index contributed by atoms with van der Waals surface area (Å²) in [5.41, 5.74) is 1.44. The third-order valence-corrected chi connectivity index (χ3v) is 5.28. The van der Waals surface area contributed by atoms with E-state index in [4.69, 9.17) is 4.42 Å². The molecule has 3 aromatic rings. The molecule has 1 N–H and O–H groups in total. The first-order chi connectivity index (χ1) is 14.0. The van der Waals surface area contributed by atoms with Crippen LogP contribution in [0.25, 0.3) is 11.1 Å². The van der Waals surface area contributed by atoms with Gasteiger partial charge in [0, 0.05) is 19.2 Å². The summed E-state index contributed by atoms with van der Waals surface area (Å²) < 4.78 is 5.73. The fourth-order valence-corrected chi connectivity index (χ4v) is 3.79. The van der Waals surface area contributed by atoms with E-state index in [-0.39, 0.29) is 5.69 Å². The van der Waals surface area contributed by atoms with Crippen molar-refractivity contribution in [2.75, 3.05) is 23.3 Å². The number of nitro groups is 1. The largest absolute Gasteiger partial charge is 0.442 e. The highest BCUT2D eigenvalue weighted by molar-refractivity contribution is 6.15. The Kier molecular flexibility index (Phi) is 4.87. The molecule has 1 aromatic carbocycles. The molecule has 0 aliphatic carbocycles. The van der Waals surface area contributed by atoms with Crippen molar-refractivity contribution in [2.24, 2.45) is 0 Å². The zero-order valence-electron chi connectivity index (χ0n) is 16.3. The number of hydrogen-bond donors (Lipinski definition) is 1. The van der Waals surface area contributed by atoms with Crippen LogP contribution < -0.4 is 10.2 Å². The van der Waals surface area contributed by atoms with Gasteiger partial charge < -0.3 is 14.6 Å². The van der Waals surface area contributed by atoms with Gasteiger partial charge in [-0.15, -0.1) is 0 Å². The highest BCUT2D eigenvalue weighted by Crippen LogP contribution is 2.33. The Morgan fingerprint density at radius 3 is 2.69 bits per heavy atom. The lowest BCUT2D eigenvalue weighted by molar-refractivity contribution is -0.385. The number of aromatic nitrogens is 2. The Hall–Kier alpha value is -3.49. The Balaban J connectivity index is 1.76. The molecule has 29 heavy (non-hydrogen) atoms. The van der Waals surface area contributed by atoms with Crippen LogP contribution in [0.1, 0.15) is 40.9 Å². The summed E-state index contributed by atoms with van der Waals surface area (Å²) in [6, 6.07) is 4.59. The molecule has 1 saturated heterocycles. The molecule has 3 heterocycles.